The van der Waals surface area contributed by atoms with Crippen LogP contribution in [-0.4, -0.2) is 30.5 Å². The van der Waals surface area contributed by atoms with Gasteiger partial charge in [0, 0.05) is 5.41 Å². The van der Waals surface area contributed by atoms with Crippen molar-refractivity contribution in [3.8, 4) is 5.75 Å². The third kappa shape index (κ3) is 3.11. The maximum Gasteiger partial charge on any atom is 0.137 e. The van der Waals surface area contributed by atoms with E-state index in [0.29, 0.717) is 17.2 Å². The van der Waals surface area contributed by atoms with Gasteiger partial charge in [0.25, 0.3) is 0 Å². The summed E-state index contributed by atoms with van der Waals surface area (Å²) >= 11 is 5.99. The van der Waals surface area contributed by atoms with Crippen LogP contribution >= 0.6 is 11.6 Å². The van der Waals surface area contributed by atoms with Crippen molar-refractivity contribution in [3.63, 3.8) is 0 Å². The number of aliphatic hydroxyl groups is 2. The number of rotatable bonds is 5. The fourth-order valence-electron chi connectivity index (χ4n) is 1.47. The molecular formula is C12H17ClO3. The molecule has 0 fully saturated rings. The van der Waals surface area contributed by atoms with Crippen LogP contribution in [0.25, 0.3) is 0 Å². The molecule has 0 aromatic heterocycles. The van der Waals surface area contributed by atoms with Crippen molar-refractivity contribution in [2.24, 2.45) is 5.41 Å². The van der Waals surface area contributed by atoms with Crippen LogP contribution in [-0.2, 0) is 6.42 Å². The molecule has 0 bridgehead atoms. The number of aliphatic hydroxyl groups excluding tert-OH is 2. The molecule has 0 atom stereocenters. The normalized spacial score (nSPS) is 11.6. The first-order valence-electron chi connectivity index (χ1n) is 5.09. The van der Waals surface area contributed by atoms with E-state index in [-0.39, 0.29) is 13.2 Å². The Labute approximate surface area is 101 Å². The second-order valence-electron chi connectivity index (χ2n) is 4.27. The summed E-state index contributed by atoms with van der Waals surface area (Å²) in [6.45, 7) is 1.70. The maximum atomic E-state index is 9.20. The van der Waals surface area contributed by atoms with Crippen LogP contribution in [0.2, 0.25) is 5.02 Å². The minimum Gasteiger partial charge on any atom is -0.495 e. The zero-order valence-electron chi connectivity index (χ0n) is 9.53. The second kappa shape index (κ2) is 5.53. The number of halogens is 1. The summed E-state index contributed by atoms with van der Waals surface area (Å²) in [5.74, 6) is 0.625. The Balaban J connectivity index is 2.86. The molecular weight excluding hydrogens is 228 g/mol. The molecule has 0 saturated carbocycles. The number of methoxy groups -OCH3 is 1. The number of ether oxygens (including phenoxy) is 1. The van der Waals surface area contributed by atoms with E-state index in [1.54, 1.807) is 19.2 Å². The molecule has 2 N–H and O–H groups in total. The van der Waals surface area contributed by atoms with Crippen LogP contribution in [0.3, 0.4) is 0 Å². The van der Waals surface area contributed by atoms with Crippen molar-refractivity contribution in [3.05, 3.63) is 28.8 Å². The highest BCUT2D eigenvalue weighted by Crippen LogP contribution is 2.28. The van der Waals surface area contributed by atoms with Crippen molar-refractivity contribution in [1.82, 2.24) is 0 Å². The Hall–Kier alpha value is -0.770. The van der Waals surface area contributed by atoms with Gasteiger partial charge in [-0.2, -0.15) is 0 Å². The van der Waals surface area contributed by atoms with Gasteiger partial charge in [-0.25, -0.2) is 0 Å². The monoisotopic (exact) mass is 244 g/mol. The van der Waals surface area contributed by atoms with Gasteiger partial charge < -0.3 is 14.9 Å². The fourth-order valence-corrected chi connectivity index (χ4v) is 1.75. The van der Waals surface area contributed by atoms with Crippen LogP contribution in [0.15, 0.2) is 18.2 Å². The van der Waals surface area contributed by atoms with Crippen molar-refractivity contribution >= 4 is 11.6 Å². The summed E-state index contributed by atoms with van der Waals surface area (Å²) in [6, 6.07) is 5.46. The molecule has 1 rings (SSSR count). The zero-order chi connectivity index (χ0) is 12.2. The summed E-state index contributed by atoms with van der Waals surface area (Å²) in [4.78, 5) is 0. The Kier molecular flexibility index (Phi) is 4.59. The highest BCUT2D eigenvalue weighted by molar-refractivity contribution is 6.32. The predicted molar refractivity (Wildman–Crippen MR) is 64.0 cm³/mol. The topological polar surface area (TPSA) is 49.7 Å². The summed E-state index contributed by atoms with van der Waals surface area (Å²) in [6.07, 6.45) is 0.573. The lowest BCUT2D eigenvalue weighted by atomic mass is 9.85. The Bertz CT molecular complexity index is 348. The lowest BCUT2D eigenvalue weighted by Gasteiger charge is -2.24. The summed E-state index contributed by atoms with van der Waals surface area (Å²) in [5.41, 5.74) is 0.453. The van der Waals surface area contributed by atoms with Crippen molar-refractivity contribution in [1.29, 1.82) is 0 Å². The van der Waals surface area contributed by atoms with E-state index in [9.17, 15) is 10.2 Å². The Morgan fingerprint density at radius 2 is 1.94 bits per heavy atom. The van der Waals surface area contributed by atoms with Crippen LogP contribution < -0.4 is 4.74 Å². The van der Waals surface area contributed by atoms with Gasteiger partial charge in [0.05, 0.1) is 25.3 Å². The zero-order valence-corrected chi connectivity index (χ0v) is 10.3. The minimum atomic E-state index is -0.516. The van der Waals surface area contributed by atoms with E-state index in [0.717, 1.165) is 5.56 Å². The van der Waals surface area contributed by atoms with E-state index < -0.39 is 5.41 Å². The van der Waals surface area contributed by atoms with E-state index >= 15 is 0 Å². The average Bonchev–Trinajstić information content (AvgIpc) is 2.29. The molecule has 0 spiro atoms. The standard InChI is InChI=1S/C12H17ClO3/c1-12(7-14,8-15)6-9-3-4-11(16-2)10(13)5-9/h3-5,14-15H,6-8H2,1-2H3. The molecule has 0 aliphatic carbocycles. The molecule has 0 unspecified atom stereocenters. The van der Waals surface area contributed by atoms with E-state index in [2.05, 4.69) is 0 Å². The van der Waals surface area contributed by atoms with Crippen molar-refractivity contribution in [2.75, 3.05) is 20.3 Å². The first kappa shape index (κ1) is 13.3. The van der Waals surface area contributed by atoms with E-state index in [1.807, 2.05) is 13.0 Å². The van der Waals surface area contributed by atoms with Crippen LogP contribution in [0.4, 0.5) is 0 Å². The van der Waals surface area contributed by atoms with Gasteiger partial charge >= 0.3 is 0 Å². The molecule has 1 aromatic rings. The Morgan fingerprint density at radius 3 is 2.38 bits per heavy atom. The molecule has 0 radical (unpaired) electrons. The Morgan fingerprint density at radius 1 is 1.31 bits per heavy atom. The third-order valence-corrected chi connectivity index (χ3v) is 2.91. The molecule has 4 heteroatoms. The van der Waals surface area contributed by atoms with Crippen LogP contribution in [0, 0.1) is 5.41 Å². The summed E-state index contributed by atoms with van der Waals surface area (Å²) < 4.78 is 5.05. The van der Waals surface area contributed by atoms with Crippen LogP contribution in [0.1, 0.15) is 12.5 Å². The largest absolute Gasteiger partial charge is 0.495 e. The van der Waals surface area contributed by atoms with Gasteiger partial charge in [-0.1, -0.05) is 24.6 Å². The third-order valence-electron chi connectivity index (χ3n) is 2.61. The van der Waals surface area contributed by atoms with Gasteiger partial charge in [0.2, 0.25) is 0 Å². The fraction of sp³-hybridized carbons (Fsp3) is 0.500. The number of benzene rings is 1. The SMILES string of the molecule is COc1ccc(CC(C)(CO)CO)cc1Cl. The highest BCUT2D eigenvalue weighted by Gasteiger charge is 2.23. The molecule has 0 heterocycles. The van der Waals surface area contributed by atoms with Gasteiger partial charge in [-0.15, -0.1) is 0 Å². The van der Waals surface area contributed by atoms with Crippen molar-refractivity contribution in [2.45, 2.75) is 13.3 Å². The first-order valence-corrected chi connectivity index (χ1v) is 5.46. The molecule has 0 amide bonds. The van der Waals surface area contributed by atoms with Crippen molar-refractivity contribution < 1.29 is 14.9 Å². The molecule has 0 aliphatic heterocycles. The number of hydrogen-bond acceptors (Lipinski definition) is 3. The van der Waals surface area contributed by atoms with Gasteiger partial charge in [-0.05, 0) is 24.1 Å². The highest BCUT2D eigenvalue weighted by atomic mass is 35.5. The first-order chi connectivity index (χ1) is 7.54. The average molecular weight is 245 g/mol. The molecule has 3 nitrogen and oxygen atoms in total. The lowest BCUT2D eigenvalue weighted by Crippen LogP contribution is -2.28. The molecule has 16 heavy (non-hydrogen) atoms. The van der Waals surface area contributed by atoms with E-state index in [4.69, 9.17) is 16.3 Å². The molecule has 0 aliphatic rings. The molecule has 0 saturated heterocycles. The summed E-state index contributed by atoms with van der Waals surface area (Å²) in [5, 5.41) is 18.9. The second-order valence-corrected chi connectivity index (χ2v) is 4.68. The quantitative estimate of drug-likeness (QED) is 0.832. The summed E-state index contributed by atoms with van der Waals surface area (Å²) in [7, 11) is 1.56. The maximum absolute atomic E-state index is 9.20. The minimum absolute atomic E-state index is 0.0624. The number of hydrogen-bond donors (Lipinski definition) is 2. The molecule has 1 aromatic carbocycles. The lowest BCUT2D eigenvalue weighted by molar-refractivity contribution is 0.0704. The van der Waals surface area contributed by atoms with Gasteiger partial charge in [-0.3, -0.25) is 0 Å². The predicted octanol–water partition coefficient (Wildman–Crippen LogP) is 1.88. The van der Waals surface area contributed by atoms with Crippen LogP contribution in [0.5, 0.6) is 5.75 Å². The van der Waals surface area contributed by atoms with Gasteiger partial charge in [0.15, 0.2) is 0 Å². The smallest absolute Gasteiger partial charge is 0.137 e. The van der Waals surface area contributed by atoms with E-state index in [1.165, 1.54) is 0 Å². The molecule has 90 valence electrons. The van der Waals surface area contributed by atoms with Gasteiger partial charge in [0.1, 0.15) is 5.75 Å².